The average Bonchev–Trinajstić information content (AvgIpc) is 2.56. The van der Waals surface area contributed by atoms with E-state index in [9.17, 15) is 4.79 Å². The predicted octanol–water partition coefficient (Wildman–Crippen LogP) is 2.02. The van der Waals surface area contributed by atoms with E-state index in [-0.39, 0.29) is 18.1 Å². The molecule has 80 valence electrons. The van der Waals surface area contributed by atoms with Crippen LogP contribution in [-0.2, 0) is 6.42 Å². The van der Waals surface area contributed by atoms with Gasteiger partial charge >= 0.3 is 5.97 Å². The molecule has 2 aromatic heterocycles. The molecule has 2 aromatic rings. The molecule has 0 bridgehead atoms. The summed E-state index contributed by atoms with van der Waals surface area (Å²) >= 11 is 0. The van der Waals surface area contributed by atoms with Gasteiger partial charge in [-0.3, -0.25) is 0 Å². The minimum absolute atomic E-state index is 0. The van der Waals surface area contributed by atoms with E-state index in [0.29, 0.717) is 5.52 Å². The van der Waals surface area contributed by atoms with Crippen molar-refractivity contribution in [2.24, 2.45) is 0 Å². The van der Waals surface area contributed by atoms with Crippen LogP contribution in [0, 0.1) is 0 Å². The Bertz CT molecular complexity index is 493. The summed E-state index contributed by atoms with van der Waals surface area (Å²) < 4.78 is 1.81. The third kappa shape index (κ3) is 1.80. The topological polar surface area (TPSA) is 54.6 Å². The number of carbonyl (C=O) groups is 1. The largest absolute Gasteiger partial charge is 0.476 e. The zero-order valence-corrected chi connectivity index (χ0v) is 8.99. The number of fused-ring (bicyclic) bond motifs is 1. The molecule has 0 aliphatic rings. The summed E-state index contributed by atoms with van der Waals surface area (Å²) in [5.74, 6) is -0.202. The van der Waals surface area contributed by atoms with Gasteiger partial charge in [-0.2, -0.15) is 0 Å². The van der Waals surface area contributed by atoms with Crippen molar-refractivity contribution in [2.75, 3.05) is 0 Å². The number of hydrogen-bond donors (Lipinski definition) is 1. The van der Waals surface area contributed by atoms with Gasteiger partial charge in [0.15, 0.2) is 5.69 Å². The van der Waals surface area contributed by atoms with Gasteiger partial charge in [-0.1, -0.05) is 13.0 Å². The second-order valence-corrected chi connectivity index (χ2v) is 2.99. The molecule has 0 unspecified atom stereocenters. The molecule has 1 N–H and O–H groups in total. The second-order valence-electron chi connectivity index (χ2n) is 2.99. The number of carboxylic acids is 1. The van der Waals surface area contributed by atoms with Crippen LogP contribution >= 0.6 is 12.4 Å². The number of halogens is 1. The van der Waals surface area contributed by atoms with Crippen LogP contribution in [0.2, 0.25) is 0 Å². The minimum atomic E-state index is -0.978. The summed E-state index contributed by atoms with van der Waals surface area (Å²) in [5.41, 5.74) is 0.777. The van der Waals surface area contributed by atoms with E-state index in [1.807, 2.05) is 29.7 Å². The van der Waals surface area contributed by atoms with Crippen LogP contribution in [0.5, 0.6) is 0 Å². The molecule has 0 radical (unpaired) electrons. The van der Waals surface area contributed by atoms with Gasteiger partial charge in [-0.05, 0) is 12.1 Å². The van der Waals surface area contributed by atoms with Gasteiger partial charge in [0.05, 0.1) is 5.52 Å². The predicted molar refractivity (Wildman–Crippen MR) is 58.8 cm³/mol. The van der Waals surface area contributed by atoms with Crippen molar-refractivity contribution in [1.82, 2.24) is 9.38 Å². The van der Waals surface area contributed by atoms with Crippen molar-refractivity contribution in [2.45, 2.75) is 13.3 Å². The monoisotopic (exact) mass is 226 g/mol. The summed E-state index contributed by atoms with van der Waals surface area (Å²) in [4.78, 5) is 14.9. The van der Waals surface area contributed by atoms with Gasteiger partial charge in [0, 0.05) is 12.6 Å². The first kappa shape index (κ1) is 11.5. The lowest BCUT2D eigenvalue weighted by atomic mass is 10.3. The number of aryl methyl sites for hydroxylation is 1. The molecular weight excluding hydrogens is 216 g/mol. The fourth-order valence-electron chi connectivity index (χ4n) is 1.51. The van der Waals surface area contributed by atoms with Gasteiger partial charge < -0.3 is 9.51 Å². The Morgan fingerprint density at radius 1 is 1.53 bits per heavy atom. The van der Waals surface area contributed by atoms with Crippen molar-refractivity contribution in [3.8, 4) is 0 Å². The van der Waals surface area contributed by atoms with Crippen LogP contribution in [0.4, 0.5) is 0 Å². The molecule has 0 aliphatic heterocycles. The lowest BCUT2D eigenvalue weighted by Crippen LogP contribution is -1.97. The molecular formula is C10H11ClN2O2. The molecule has 0 saturated carbocycles. The Balaban J connectivity index is 0.00000112. The minimum Gasteiger partial charge on any atom is -0.476 e. The van der Waals surface area contributed by atoms with Gasteiger partial charge in [-0.15, -0.1) is 12.4 Å². The Labute approximate surface area is 93.0 Å². The smallest absolute Gasteiger partial charge is 0.356 e. The number of carboxylic acid groups (broad SMARTS) is 1. The quantitative estimate of drug-likeness (QED) is 0.853. The molecule has 2 heterocycles. The van der Waals surface area contributed by atoms with Crippen molar-refractivity contribution in [3.05, 3.63) is 35.9 Å². The highest BCUT2D eigenvalue weighted by molar-refractivity contribution is 5.93. The van der Waals surface area contributed by atoms with Crippen LogP contribution in [0.3, 0.4) is 0 Å². The molecule has 0 atom stereocenters. The van der Waals surface area contributed by atoms with Crippen LogP contribution in [0.15, 0.2) is 24.4 Å². The van der Waals surface area contributed by atoms with Crippen molar-refractivity contribution in [1.29, 1.82) is 0 Å². The normalized spacial score (nSPS) is 9.93. The second kappa shape index (κ2) is 4.31. The van der Waals surface area contributed by atoms with E-state index in [2.05, 4.69) is 4.98 Å². The third-order valence-electron chi connectivity index (χ3n) is 2.14. The summed E-state index contributed by atoms with van der Waals surface area (Å²) in [6.45, 7) is 1.95. The fraction of sp³-hybridized carbons (Fsp3) is 0.200. The maximum Gasteiger partial charge on any atom is 0.356 e. The lowest BCUT2D eigenvalue weighted by molar-refractivity contribution is 0.0693. The maximum absolute atomic E-state index is 10.9. The van der Waals surface area contributed by atoms with E-state index in [1.54, 1.807) is 6.07 Å². The first-order chi connectivity index (χ1) is 6.74. The molecule has 2 rings (SSSR count). The zero-order chi connectivity index (χ0) is 10.1. The Morgan fingerprint density at radius 3 is 2.87 bits per heavy atom. The Kier molecular flexibility index (Phi) is 3.31. The van der Waals surface area contributed by atoms with Gasteiger partial charge in [-0.25, -0.2) is 9.78 Å². The number of rotatable bonds is 2. The molecule has 5 heteroatoms. The Morgan fingerprint density at radius 2 is 2.27 bits per heavy atom. The van der Waals surface area contributed by atoms with Gasteiger partial charge in [0.1, 0.15) is 5.82 Å². The van der Waals surface area contributed by atoms with Crippen molar-refractivity contribution >= 4 is 23.9 Å². The molecule has 4 nitrogen and oxygen atoms in total. The SMILES string of the molecule is CCc1nc(C(=O)O)c2ccccn12.Cl. The highest BCUT2D eigenvalue weighted by Gasteiger charge is 2.14. The van der Waals surface area contributed by atoms with Crippen LogP contribution in [-0.4, -0.2) is 20.5 Å². The van der Waals surface area contributed by atoms with Crippen molar-refractivity contribution < 1.29 is 9.90 Å². The van der Waals surface area contributed by atoms with E-state index >= 15 is 0 Å². The summed E-state index contributed by atoms with van der Waals surface area (Å²) in [6, 6.07) is 5.43. The van der Waals surface area contributed by atoms with Gasteiger partial charge in [0.2, 0.25) is 0 Å². The van der Waals surface area contributed by atoms with E-state index in [1.165, 1.54) is 0 Å². The molecule has 0 spiro atoms. The molecule has 15 heavy (non-hydrogen) atoms. The van der Waals surface area contributed by atoms with E-state index < -0.39 is 5.97 Å². The third-order valence-corrected chi connectivity index (χ3v) is 2.14. The zero-order valence-electron chi connectivity index (χ0n) is 8.17. The molecule has 0 fully saturated rings. The number of aromatic carboxylic acids is 1. The molecule has 0 aromatic carbocycles. The van der Waals surface area contributed by atoms with Crippen LogP contribution in [0.25, 0.3) is 5.52 Å². The number of pyridine rings is 1. The van der Waals surface area contributed by atoms with Crippen LogP contribution < -0.4 is 0 Å². The number of aromatic nitrogens is 2. The molecule has 0 aliphatic carbocycles. The first-order valence-corrected chi connectivity index (χ1v) is 4.43. The standard InChI is InChI=1S/C10H10N2O2.ClH/c1-2-8-11-9(10(13)14)7-5-3-4-6-12(7)8;/h3-6H,2H2,1H3,(H,13,14);1H. The summed E-state index contributed by atoms with van der Waals surface area (Å²) in [7, 11) is 0. The maximum atomic E-state index is 10.9. The van der Waals surface area contributed by atoms with Gasteiger partial charge in [0.25, 0.3) is 0 Å². The fourth-order valence-corrected chi connectivity index (χ4v) is 1.51. The van der Waals surface area contributed by atoms with Crippen LogP contribution in [0.1, 0.15) is 23.2 Å². The molecule has 0 saturated heterocycles. The highest BCUT2D eigenvalue weighted by Crippen LogP contribution is 2.13. The highest BCUT2D eigenvalue weighted by atomic mass is 35.5. The number of nitrogens with zero attached hydrogens (tertiary/aromatic N) is 2. The van der Waals surface area contributed by atoms with E-state index in [0.717, 1.165) is 12.2 Å². The average molecular weight is 227 g/mol. The number of hydrogen-bond acceptors (Lipinski definition) is 2. The van der Waals surface area contributed by atoms with Crippen molar-refractivity contribution in [3.63, 3.8) is 0 Å². The number of imidazole rings is 1. The lowest BCUT2D eigenvalue weighted by Gasteiger charge is -1.95. The first-order valence-electron chi connectivity index (χ1n) is 4.43. The molecule has 0 amide bonds. The Hall–Kier alpha value is -1.55. The summed E-state index contributed by atoms with van der Waals surface area (Å²) in [5, 5.41) is 8.92. The summed E-state index contributed by atoms with van der Waals surface area (Å²) in [6.07, 6.45) is 2.55. The van der Waals surface area contributed by atoms with E-state index in [4.69, 9.17) is 5.11 Å².